The molecule has 2 N–H and O–H groups in total. The lowest BCUT2D eigenvalue weighted by Gasteiger charge is -2.08. The van der Waals surface area contributed by atoms with Crippen LogP contribution < -0.4 is 10.5 Å². The minimum Gasteiger partial charge on any atom is -0.492 e. The molecule has 0 atom stereocenters. The van der Waals surface area contributed by atoms with E-state index in [0.717, 1.165) is 12.1 Å². The van der Waals surface area contributed by atoms with Gasteiger partial charge >= 0.3 is 0 Å². The van der Waals surface area contributed by atoms with Crippen molar-refractivity contribution in [2.45, 2.75) is 45.4 Å². The van der Waals surface area contributed by atoms with Crippen molar-refractivity contribution in [1.29, 1.82) is 0 Å². The van der Waals surface area contributed by atoms with Gasteiger partial charge in [-0.15, -0.1) is 0 Å². The number of nitrogen functional groups attached to an aromatic ring is 1. The zero-order valence-corrected chi connectivity index (χ0v) is 15.5. The molecule has 0 spiro atoms. The molecule has 0 aliphatic heterocycles. The molecule has 0 unspecified atom stereocenters. The van der Waals surface area contributed by atoms with Crippen molar-refractivity contribution in [3.8, 4) is 5.75 Å². The zero-order chi connectivity index (χ0) is 17.9. The summed E-state index contributed by atoms with van der Waals surface area (Å²) in [5.74, 6) is 0.696. The van der Waals surface area contributed by atoms with Crippen LogP contribution in [0.3, 0.4) is 0 Å². The number of nitrogens with two attached hydrogens (primary N) is 1. The maximum Gasteiger partial charge on any atom is 0.138 e. The van der Waals surface area contributed by atoms with E-state index in [9.17, 15) is 0 Å². The summed E-state index contributed by atoms with van der Waals surface area (Å²) in [7, 11) is 0. The monoisotopic (exact) mass is 359 g/mol. The number of hydrogen-bond acceptors (Lipinski definition) is 4. The van der Waals surface area contributed by atoms with Gasteiger partial charge < -0.3 is 10.5 Å². The zero-order valence-electron chi connectivity index (χ0n) is 14.7. The van der Waals surface area contributed by atoms with Crippen LogP contribution in [-0.2, 0) is 0 Å². The van der Waals surface area contributed by atoms with Crippen molar-refractivity contribution in [2.75, 3.05) is 12.3 Å². The molecule has 2 aromatic rings. The van der Waals surface area contributed by atoms with Gasteiger partial charge in [-0.05, 0) is 48.9 Å². The van der Waals surface area contributed by atoms with Crippen LogP contribution >= 0.6 is 11.6 Å². The third kappa shape index (κ3) is 7.14. The molecule has 134 valence electrons. The average Bonchev–Trinajstić information content (AvgIpc) is 2.62. The second-order valence-electron chi connectivity index (χ2n) is 6.02. The maximum atomic E-state index is 6.27. The molecule has 0 radical (unpaired) electrons. The first-order valence-electron chi connectivity index (χ1n) is 8.88. The van der Waals surface area contributed by atoms with Gasteiger partial charge in [0, 0.05) is 5.69 Å². The van der Waals surface area contributed by atoms with Gasteiger partial charge in [-0.3, -0.25) is 0 Å². The van der Waals surface area contributed by atoms with Gasteiger partial charge in [-0.25, -0.2) is 0 Å². The fourth-order valence-electron chi connectivity index (χ4n) is 2.39. The molecule has 0 saturated heterocycles. The van der Waals surface area contributed by atoms with E-state index in [4.69, 9.17) is 22.1 Å². The molecule has 0 fully saturated rings. The number of hydrogen-bond donors (Lipinski definition) is 1. The molecule has 0 aromatic heterocycles. The smallest absolute Gasteiger partial charge is 0.138 e. The van der Waals surface area contributed by atoms with Crippen molar-refractivity contribution < 1.29 is 4.74 Å². The first kappa shape index (κ1) is 19.3. The highest BCUT2D eigenvalue weighted by atomic mass is 35.5. The summed E-state index contributed by atoms with van der Waals surface area (Å²) in [6.45, 7) is 2.92. The lowest BCUT2D eigenvalue weighted by atomic mass is 10.1. The van der Waals surface area contributed by atoms with Gasteiger partial charge in [-0.1, -0.05) is 50.6 Å². The maximum absolute atomic E-state index is 6.27. The van der Waals surface area contributed by atoms with Crippen LogP contribution in [0.5, 0.6) is 5.75 Å². The Morgan fingerprint density at radius 1 is 0.880 bits per heavy atom. The van der Waals surface area contributed by atoms with E-state index < -0.39 is 0 Å². The van der Waals surface area contributed by atoms with E-state index in [1.165, 1.54) is 32.1 Å². The highest BCUT2D eigenvalue weighted by molar-refractivity contribution is 6.32. The Hall–Kier alpha value is -2.07. The Labute approximate surface area is 155 Å². The van der Waals surface area contributed by atoms with Crippen LogP contribution in [0, 0.1) is 0 Å². The third-order valence-corrected chi connectivity index (χ3v) is 4.14. The van der Waals surface area contributed by atoms with Crippen molar-refractivity contribution >= 4 is 28.7 Å². The number of nitrogens with zero attached hydrogens (tertiary/aromatic N) is 2. The van der Waals surface area contributed by atoms with E-state index in [1.54, 1.807) is 18.2 Å². The third-order valence-electron chi connectivity index (χ3n) is 3.84. The predicted octanol–water partition coefficient (Wildman–Crippen LogP) is 7.08. The Kier molecular flexibility index (Phi) is 8.26. The molecule has 25 heavy (non-hydrogen) atoms. The molecular formula is C20H26ClN3O. The quantitative estimate of drug-likeness (QED) is 0.280. The van der Waals surface area contributed by atoms with Crippen molar-refractivity contribution in [1.82, 2.24) is 0 Å². The summed E-state index contributed by atoms with van der Waals surface area (Å²) in [5.41, 5.74) is 7.78. The van der Waals surface area contributed by atoms with Crippen molar-refractivity contribution in [2.24, 2.45) is 10.2 Å². The molecule has 2 rings (SSSR count). The average molecular weight is 360 g/mol. The minimum absolute atomic E-state index is 0.555. The molecule has 4 nitrogen and oxygen atoms in total. The fourth-order valence-corrected chi connectivity index (χ4v) is 2.62. The molecule has 0 heterocycles. The highest BCUT2D eigenvalue weighted by Gasteiger charge is 2.03. The van der Waals surface area contributed by atoms with Gasteiger partial charge in [0.2, 0.25) is 0 Å². The summed E-state index contributed by atoms with van der Waals surface area (Å²) >= 11 is 6.27. The van der Waals surface area contributed by atoms with E-state index in [0.29, 0.717) is 28.8 Å². The van der Waals surface area contributed by atoms with E-state index in [-0.39, 0.29) is 0 Å². The second-order valence-corrected chi connectivity index (χ2v) is 6.43. The van der Waals surface area contributed by atoms with E-state index in [2.05, 4.69) is 17.2 Å². The molecule has 5 heteroatoms. The number of ether oxygens (including phenoxy) is 1. The highest BCUT2D eigenvalue weighted by Crippen LogP contribution is 2.30. The molecule has 0 aliphatic carbocycles. The van der Waals surface area contributed by atoms with Crippen molar-refractivity contribution in [3.05, 3.63) is 47.5 Å². The van der Waals surface area contributed by atoms with Crippen molar-refractivity contribution in [3.63, 3.8) is 0 Å². The van der Waals surface area contributed by atoms with Gasteiger partial charge in [-0.2, -0.15) is 10.2 Å². The lowest BCUT2D eigenvalue weighted by Crippen LogP contribution is -1.97. The second kappa shape index (κ2) is 10.7. The Morgan fingerprint density at radius 2 is 1.52 bits per heavy atom. The van der Waals surface area contributed by atoms with Crippen LogP contribution in [0.15, 0.2) is 52.7 Å². The first-order valence-corrected chi connectivity index (χ1v) is 9.26. The Bertz CT molecular complexity index is 671. The summed E-state index contributed by atoms with van der Waals surface area (Å²) in [6, 6.07) is 12.7. The standard InChI is InChI=1S/C20H26ClN3O/c1-2-3-4-5-6-7-14-25-20-13-12-18(15-19(20)21)24-23-17-10-8-16(22)9-11-17/h8-13,15H,2-7,14,22H2,1H3/b24-23+. The van der Waals surface area contributed by atoms with Crippen LogP contribution in [0.1, 0.15) is 45.4 Å². The summed E-state index contributed by atoms with van der Waals surface area (Å²) in [6.07, 6.45) is 7.43. The number of azo groups is 1. The van der Waals surface area contributed by atoms with Crippen LogP contribution in [0.2, 0.25) is 5.02 Å². The molecule has 2 aromatic carbocycles. The molecular weight excluding hydrogens is 334 g/mol. The van der Waals surface area contributed by atoms with Crippen LogP contribution in [0.4, 0.5) is 17.1 Å². The van der Waals surface area contributed by atoms with Gasteiger partial charge in [0.1, 0.15) is 5.75 Å². The van der Waals surface area contributed by atoms with Crippen LogP contribution in [-0.4, -0.2) is 6.61 Å². The fraction of sp³-hybridized carbons (Fsp3) is 0.400. The number of unbranched alkanes of at least 4 members (excludes halogenated alkanes) is 5. The summed E-state index contributed by atoms with van der Waals surface area (Å²) in [5, 5.41) is 8.92. The molecule has 0 aliphatic rings. The molecule has 0 bridgehead atoms. The van der Waals surface area contributed by atoms with Gasteiger partial charge in [0.05, 0.1) is 23.0 Å². The predicted molar refractivity (Wildman–Crippen MR) is 105 cm³/mol. The first-order chi connectivity index (χ1) is 12.2. The largest absolute Gasteiger partial charge is 0.492 e. The Morgan fingerprint density at radius 3 is 2.24 bits per heavy atom. The summed E-state index contributed by atoms with van der Waals surface area (Å²) in [4.78, 5) is 0. The van der Waals surface area contributed by atoms with Gasteiger partial charge in [0.25, 0.3) is 0 Å². The van der Waals surface area contributed by atoms with Gasteiger partial charge in [0.15, 0.2) is 0 Å². The lowest BCUT2D eigenvalue weighted by molar-refractivity contribution is 0.304. The van der Waals surface area contributed by atoms with E-state index >= 15 is 0 Å². The minimum atomic E-state index is 0.555. The number of anilines is 1. The molecule has 0 amide bonds. The summed E-state index contributed by atoms with van der Waals surface area (Å²) < 4.78 is 5.76. The number of rotatable bonds is 10. The Balaban J connectivity index is 1.80. The van der Waals surface area contributed by atoms with E-state index in [1.807, 2.05) is 24.3 Å². The normalized spacial score (nSPS) is 11.1. The number of halogens is 1. The SMILES string of the molecule is CCCCCCCCOc1ccc(/N=N/c2ccc(N)cc2)cc1Cl. The van der Waals surface area contributed by atoms with Crippen LogP contribution in [0.25, 0.3) is 0 Å². The topological polar surface area (TPSA) is 60.0 Å². The number of benzene rings is 2. The molecule has 0 saturated carbocycles.